The summed E-state index contributed by atoms with van der Waals surface area (Å²) in [5.41, 5.74) is 6.58. The summed E-state index contributed by atoms with van der Waals surface area (Å²) in [6.07, 6.45) is 2.38. The molecule has 0 atom stereocenters. The van der Waals surface area contributed by atoms with Crippen LogP contribution in [0.25, 0.3) is 0 Å². The lowest BCUT2D eigenvalue weighted by Gasteiger charge is -2.07. The van der Waals surface area contributed by atoms with Gasteiger partial charge in [0, 0.05) is 6.07 Å². The Kier molecular flexibility index (Phi) is 4.01. The number of rotatable bonds is 5. The standard InChI is InChI=1S/C12H13ClN2O2/c13-11-7-9(3-5-14)1-2-12(11)16-8-10-4-6-15-17-10/h1-2,4,6-7H,3,5,8,14H2. The number of hydrogen-bond acceptors (Lipinski definition) is 4. The highest BCUT2D eigenvalue weighted by atomic mass is 35.5. The van der Waals surface area contributed by atoms with Crippen LogP contribution in [0.3, 0.4) is 0 Å². The van der Waals surface area contributed by atoms with E-state index in [1.54, 1.807) is 12.3 Å². The van der Waals surface area contributed by atoms with E-state index in [4.69, 9.17) is 26.6 Å². The molecule has 5 heteroatoms. The van der Waals surface area contributed by atoms with Crippen molar-refractivity contribution in [2.24, 2.45) is 5.73 Å². The first kappa shape index (κ1) is 12.0. The van der Waals surface area contributed by atoms with Gasteiger partial charge >= 0.3 is 0 Å². The van der Waals surface area contributed by atoms with E-state index in [-0.39, 0.29) is 0 Å². The zero-order chi connectivity index (χ0) is 12.1. The highest BCUT2D eigenvalue weighted by Crippen LogP contribution is 2.26. The zero-order valence-corrected chi connectivity index (χ0v) is 9.98. The lowest BCUT2D eigenvalue weighted by atomic mass is 10.1. The second-order valence-corrected chi connectivity index (χ2v) is 3.98. The topological polar surface area (TPSA) is 61.3 Å². The molecule has 2 N–H and O–H groups in total. The Hall–Kier alpha value is -1.52. The van der Waals surface area contributed by atoms with Gasteiger partial charge in [-0.25, -0.2) is 0 Å². The normalized spacial score (nSPS) is 10.5. The average molecular weight is 253 g/mol. The molecule has 2 aromatic rings. The molecule has 0 aliphatic carbocycles. The minimum atomic E-state index is 0.315. The molecule has 90 valence electrons. The summed E-state index contributed by atoms with van der Waals surface area (Å²) in [5, 5.41) is 4.17. The van der Waals surface area contributed by atoms with Crippen LogP contribution in [0.15, 0.2) is 35.0 Å². The molecule has 0 bridgehead atoms. The first-order valence-electron chi connectivity index (χ1n) is 5.30. The Morgan fingerprint density at radius 1 is 1.35 bits per heavy atom. The Morgan fingerprint density at radius 3 is 2.88 bits per heavy atom. The average Bonchev–Trinajstić information content (AvgIpc) is 2.81. The van der Waals surface area contributed by atoms with Crippen molar-refractivity contribution in [1.82, 2.24) is 5.16 Å². The fourth-order valence-corrected chi connectivity index (χ4v) is 1.71. The van der Waals surface area contributed by atoms with Crippen LogP contribution < -0.4 is 10.5 Å². The lowest BCUT2D eigenvalue weighted by molar-refractivity contribution is 0.249. The second kappa shape index (κ2) is 5.70. The van der Waals surface area contributed by atoms with Crippen molar-refractivity contribution in [2.45, 2.75) is 13.0 Å². The van der Waals surface area contributed by atoms with Crippen molar-refractivity contribution in [1.29, 1.82) is 0 Å². The summed E-state index contributed by atoms with van der Waals surface area (Å²) < 4.78 is 10.4. The van der Waals surface area contributed by atoms with Crippen LogP contribution in [0.4, 0.5) is 0 Å². The maximum absolute atomic E-state index is 6.09. The first-order chi connectivity index (χ1) is 8.29. The number of benzene rings is 1. The molecular formula is C12H13ClN2O2. The van der Waals surface area contributed by atoms with Gasteiger partial charge in [0.2, 0.25) is 0 Å². The highest BCUT2D eigenvalue weighted by Gasteiger charge is 2.04. The predicted molar refractivity (Wildman–Crippen MR) is 65.0 cm³/mol. The van der Waals surface area contributed by atoms with Crippen LogP contribution in [-0.4, -0.2) is 11.7 Å². The van der Waals surface area contributed by atoms with Crippen molar-refractivity contribution in [2.75, 3.05) is 6.54 Å². The molecule has 0 fully saturated rings. The Balaban J connectivity index is 2.01. The molecule has 0 radical (unpaired) electrons. The van der Waals surface area contributed by atoms with Crippen molar-refractivity contribution in [3.8, 4) is 5.75 Å². The number of nitrogens with two attached hydrogens (primary N) is 1. The summed E-state index contributed by atoms with van der Waals surface area (Å²) in [4.78, 5) is 0. The summed E-state index contributed by atoms with van der Waals surface area (Å²) in [7, 11) is 0. The third-order valence-corrected chi connectivity index (χ3v) is 2.59. The van der Waals surface area contributed by atoms with Crippen LogP contribution in [0.5, 0.6) is 5.75 Å². The molecule has 0 unspecified atom stereocenters. The molecule has 1 aromatic heterocycles. The number of hydrogen-bond donors (Lipinski definition) is 1. The van der Waals surface area contributed by atoms with Crippen LogP contribution >= 0.6 is 11.6 Å². The molecule has 0 amide bonds. The highest BCUT2D eigenvalue weighted by molar-refractivity contribution is 6.32. The number of halogens is 1. The summed E-state index contributed by atoms with van der Waals surface area (Å²) >= 11 is 6.09. The van der Waals surface area contributed by atoms with Gasteiger partial charge in [-0.15, -0.1) is 0 Å². The van der Waals surface area contributed by atoms with Gasteiger partial charge in [-0.05, 0) is 30.7 Å². The SMILES string of the molecule is NCCc1ccc(OCc2ccno2)c(Cl)c1. The van der Waals surface area contributed by atoms with E-state index >= 15 is 0 Å². The molecule has 4 nitrogen and oxygen atoms in total. The minimum absolute atomic E-state index is 0.315. The van der Waals surface area contributed by atoms with Gasteiger partial charge in [-0.3, -0.25) is 0 Å². The lowest BCUT2D eigenvalue weighted by Crippen LogP contribution is -2.02. The molecule has 1 heterocycles. The third kappa shape index (κ3) is 3.22. The number of ether oxygens (including phenoxy) is 1. The van der Waals surface area contributed by atoms with Gasteiger partial charge < -0.3 is 15.0 Å². The van der Waals surface area contributed by atoms with E-state index in [2.05, 4.69) is 5.16 Å². The van der Waals surface area contributed by atoms with Crippen LogP contribution in [0.1, 0.15) is 11.3 Å². The summed E-state index contributed by atoms with van der Waals surface area (Å²) in [5.74, 6) is 1.29. The van der Waals surface area contributed by atoms with Gasteiger partial charge in [0.15, 0.2) is 5.76 Å². The van der Waals surface area contributed by atoms with Crippen molar-refractivity contribution in [3.63, 3.8) is 0 Å². The quantitative estimate of drug-likeness (QED) is 0.888. The van der Waals surface area contributed by atoms with Gasteiger partial charge in [0.1, 0.15) is 12.4 Å². The van der Waals surface area contributed by atoms with Crippen LogP contribution in [-0.2, 0) is 13.0 Å². The van der Waals surface area contributed by atoms with Gasteiger partial charge in [-0.1, -0.05) is 22.8 Å². The molecule has 2 rings (SSSR count). The second-order valence-electron chi connectivity index (χ2n) is 3.57. The zero-order valence-electron chi connectivity index (χ0n) is 9.23. The molecule has 0 saturated heterocycles. The largest absolute Gasteiger partial charge is 0.484 e. The van der Waals surface area contributed by atoms with Gasteiger partial charge in [-0.2, -0.15) is 0 Å². The monoisotopic (exact) mass is 252 g/mol. The molecule has 1 aromatic carbocycles. The summed E-state index contributed by atoms with van der Waals surface area (Å²) in [6.45, 7) is 0.921. The smallest absolute Gasteiger partial charge is 0.174 e. The molecule has 0 spiro atoms. The third-order valence-electron chi connectivity index (χ3n) is 2.29. The van der Waals surface area contributed by atoms with E-state index in [0.29, 0.717) is 29.7 Å². The van der Waals surface area contributed by atoms with E-state index in [9.17, 15) is 0 Å². The maximum Gasteiger partial charge on any atom is 0.174 e. The Bertz CT molecular complexity index is 471. The number of nitrogens with zero attached hydrogens (tertiary/aromatic N) is 1. The molecule has 0 aliphatic rings. The predicted octanol–water partition coefficient (Wildman–Crippen LogP) is 2.41. The fourth-order valence-electron chi connectivity index (χ4n) is 1.45. The Labute approximate surface area is 104 Å². The maximum atomic E-state index is 6.09. The van der Waals surface area contributed by atoms with E-state index < -0.39 is 0 Å². The molecule has 0 saturated carbocycles. The minimum Gasteiger partial charge on any atom is -0.484 e. The molecule has 17 heavy (non-hydrogen) atoms. The molecular weight excluding hydrogens is 240 g/mol. The number of aromatic nitrogens is 1. The molecule has 0 aliphatic heterocycles. The van der Waals surface area contributed by atoms with E-state index in [1.807, 2.05) is 18.2 Å². The van der Waals surface area contributed by atoms with E-state index in [0.717, 1.165) is 12.0 Å². The summed E-state index contributed by atoms with van der Waals surface area (Å²) in [6, 6.07) is 7.40. The van der Waals surface area contributed by atoms with Crippen LogP contribution in [0, 0.1) is 0 Å². The van der Waals surface area contributed by atoms with Crippen molar-refractivity contribution in [3.05, 3.63) is 46.8 Å². The van der Waals surface area contributed by atoms with Crippen molar-refractivity contribution < 1.29 is 9.26 Å². The van der Waals surface area contributed by atoms with E-state index in [1.165, 1.54) is 0 Å². The van der Waals surface area contributed by atoms with Gasteiger partial charge in [0.05, 0.1) is 11.2 Å². The van der Waals surface area contributed by atoms with Gasteiger partial charge in [0.25, 0.3) is 0 Å². The van der Waals surface area contributed by atoms with Crippen molar-refractivity contribution >= 4 is 11.6 Å². The van der Waals surface area contributed by atoms with Crippen LogP contribution in [0.2, 0.25) is 5.02 Å². The Morgan fingerprint density at radius 2 is 2.24 bits per heavy atom. The fraction of sp³-hybridized carbons (Fsp3) is 0.250. The first-order valence-corrected chi connectivity index (χ1v) is 5.68.